The molecule has 116 valence electrons. The minimum Gasteiger partial charge on any atom is -0.376 e. The van der Waals surface area contributed by atoms with Gasteiger partial charge in [-0.1, -0.05) is 17.7 Å². The normalized spacial score (nSPS) is 21.0. The topological polar surface area (TPSA) is 56.1 Å². The van der Waals surface area contributed by atoms with Crippen molar-refractivity contribution in [2.45, 2.75) is 32.4 Å². The van der Waals surface area contributed by atoms with Crippen LogP contribution in [0.1, 0.15) is 29.5 Å². The van der Waals surface area contributed by atoms with Crippen molar-refractivity contribution < 1.29 is 9.53 Å². The van der Waals surface area contributed by atoms with Crippen molar-refractivity contribution in [1.29, 1.82) is 0 Å². The summed E-state index contributed by atoms with van der Waals surface area (Å²) in [5, 5.41) is 8.01. The van der Waals surface area contributed by atoms with Crippen molar-refractivity contribution in [3.63, 3.8) is 0 Å². The molecular weight excluding hydrogens is 302 g/mol. The minimum absolute atomic E-state index is 0.0417. The van der Waals surface area contributed by atoms with Crippen LogP contribution in [-0.2, 0) is 4.74 Å². The summed E-state index contributed by atoms with van der Waals surface area (Å²) in [5.74, 6) is -0.175. The fraction of sp³-hybridized carbons (Fsp3) is 0.375. The van der Waals surface area contributed by atoms with E-state index in [2.05, 4.69) is 10.4 Å². The molecule has 0 bridgehead atoms. The number of aryl methyl sites for hydroxylation is 1. The predicted molar refractivity (Wildman–Crippen MR) is 84.6 cm³/mol. The van der Waals surface area contributed by atoms with Crippen LogP contribution in [0, 0.1) is 6.92 Å². The van der Waals surface area contributed by atoms with Gasteiger partial charge in [0, 0.05) is 17.3 Å². The van der Waals surface area contributed by atoms with Crippen LogP contribution in [0.5, 0.6) is 0 Å². The second-order valence-electron chi connectivity index (χ2n) is 5.51. The van der Waals surface area contributed by atoms with Gasteiger partial charge in [0.15, 0.2) is 5.69 Å². The van der Waals surface area contributed by atoms with Crippen molar-refractivity contribution in [3.05, 3.63) is 46.7 Å². The summed E-state index contributed by atoms with van der Waals surface area (Å²) in [5.41, 5.74) is 2.11. The third kappa shape index (κ3) is 3.00. The monoisotopic (exact) mass is 319 g/mol. The van der Waals surface area contributed by atoms with Gasteiger partial charge < -0.3 is 10.1 Å². The van der Waals surface area contributed by atoms with Crippen LogP contribution in [0.4, 0.5) is 0 Å². The van der Waals surface area contributed by atoms with E-state index in [0.717, 1.165) is 17.8 Å². The Morgan fingerprint density at radius 2 is 2.27 bits per heavy atom. The predicted octanol–water partition coefficient (Wildman–Crippen LogP) is 2.74. The van der Waals surface area contributed by atoms with Crippen molar-refractivity contribution in [1.82, 2.24) is 15.1 Å². The molecule has 1 aromatic carbocycles. The summed E-state index contributed by atoms with van der Waals surface area (Å²) in [6.07, 6.45) is 0.876. The molecule has 2 aromatic rings. The van der Waals surface area contributed by atoms with Crippen molar-refractivity contribution in [2.24, 2.45) is 0 Å². The van der Waals surface area contributed by atoms with E-state index < -0.39 is 0 Å². The summed E-state index contributed by atoms with van der Waals surface area (Å²) in [6, 6.07) is 9.20. The van der Waals surface area contributed by atoms with E-state index in [-0.39, 0.29) is 18.1 Å². The zero-order chi connectivity index (χ0) is 15.7. The third-order valence-electron chi connectivity index (χ3n) is 3.87. The number of halogens is 1. The largest absolute Gasteiger partial charge is 0.376 e. The Morgan fingerprint density at radius 3 is 2.95 bits per heavy atom. The van der Waals surface area contributed by atoms with Crippen LogP contribution < -0.4 is 5.32 Å². The van der Waals surface area contributed by atoms with Gasteiger partial charge in [-0.3, -0.25) is 4.79 Å². The maximum absolute atomic E-state index is 12.3. The molecule has 1 saturated heterocycles. The number of nitrogens with one attached hydrogen (secondary N) is 1. The first kappa shape index (κ1) is 15.1. The first-order valence-corrected chi connectivity index (χ1v) is 7.67. The molecule has 5 nitrogen and oxygen atoms in total. The van der Waals surface area contributed by atoms with E-state index >= 15 is 0 Å². The number of hydrogen-bond donors (Lipinski definition) is 1. The van der Waals surface area contributed by atoms with Crippen molar-refractivity contribution >= 4 is 17.5 Å². The summed E-state index contributed by atoms with van der Waals surface area (Å²) in [7, 11) is 0. The summed E-state index contributed by atoms with van der Waals surface area (Å²) in [4.78, 5) is 12.3. The van der Waals surface area contributed by atoms with Crippen molar-refractivity contribution in [3.8, 4) is 5.69 Å². The Hall–Kier alpha value is -1.85. The molecule has 0 radical (unpaired) electrons. The van der Waals surface area contributed by atoms with Gasteiger partial charge in [0.25, 0.3) is 5.91 Å². The summed E-state index contributed by atoms with van der Waals surface area (Å²) in [6.45, 7) is 4.56. The van der Waals surface area contributed by atoms with Crippen LogP contribution in [0.25, 0.3) is 5.69 Å². The number of hydrogen-bond acceptors (Lipinski definition) is 3. The lowest BCUT2D eigenvalue weighted by Crippen LogP contribution is -2.39. The Labute approximate surface area is 134 Å². The molecule has 0 saturated carbocycles. The van der Waals surface area contributed by atoms with Gasteiger partial charge in [-0.05, 0) is 44.5 Å². The lowest BCUT2D eigenvalue weighted by Gasteiger charge is -2.14. The SMILES string of the molecule is Cc1cc(C(=O)NC2CCOC2C)nn1-c1cccc(Cl)c1. The number of aromatic nitrogens is 2. The lowest BCUT2D eigenvalue weighted by molar-refractivity contribution is 0.0861. The van der Waals surface area contributed by atoms with Gasteiger partial charge in [-0.2, -0.15) is 5.10 Å². The number of carbonyl (C=O) groups excluding carboxylic acids is 1. The molecule has 6 heteroatoms. The number of amides is 1. The summed E-state index contributed by atoms with van der Waals surface area (Å²) < 4.78 is 7.18. The molecule has 1 amide bonds. The molecule has 0 spiro atoms. The van der Waals surface area contributed by atoms with Gasteiger partial charge in [0.2, 0.25) is 0 Å². The van der Waals surface area contributed by atoms with Crippen LogP contribution in [0.3, 0.4) is 0 Å². The van der Waals surface area contributed by atoms with Gasteiger partial charge in [0.1, 0.15) is 0 Å². The van der Waals surface area contributed by atoms with Gasteiger partial charge >= 0.3 is 0 Å². The molecule has 1 aliphatic heterocycles. The highest BCUT2D eigenvalue weighted by Gasteiger charge is 2.27. The van der Waals surface area contributed by atoms with E-state index in [1.807, 2.05) is 32.0 Å². The molecule has 1 fully saturated rings. The summed E-state index contributed by atoms with van der Waals surface area (Å²) >= 11 is 6.01. The Morgan fingerprint density at radius 1 is 1.45 bits per heavy atom. The molecule has 22 heavy (non-hydrogen) atoms. The highest BCUT2D eigenvalue weighted by Crippen LogP contribution is 2.18. The van der Waals surface area contributed by atoms with Gasteiger partial charge in [-0.15, -0.1) is 0 Å². The zero-order valence-corrected chi connectivity index (χ0v) is 13.3. The molecule has 1 aliphatic rings. The van der Waals surface area contributed by atoms with Crippen molar-refractivity contribution in [2.75, 3.05) is 6.61 Å². The van der Waals surface area contributed by atoms with Crippen LogP contribution >= 0.6 is 11.6 Å². The molecular formula is C16H18ClN3O2. The van der Waals surface area contributed by atoms with E-state index in [9.17, 15) is 4.79 Å². The second kappa shape index (κ2) is 6.10. The average molecular weight is 320 g/mol. The molecule has 2 unspecified atom stereocenters. The maximum atomic E-state index is 12.3. The third-order valence-corrected chi connectivity index (χ3v) is 4.10. The number of nitrogens with zero attached hydrogens (tertiary/aromatic N) is 2. The fourth-order valence-electron chi connectivity index (χ4n) is 2.62. The first-order chi connectivity index (χ1) is 10.5. The molecule has 1 N–H and O–H groups in total. The smallest absolute Gasteiger partial charge is 0.272 e. The van der Waals surface area contributed by atoms with Gasteiger partial charge in [-0.25, -0.2) is 4.68 Å². The fourth-order valence-corrected chi connectivity index (χ4v) is 2.80. The number of rotatable bonds is 3. The van der Waals surface area contributed by atoms with Crippen LogP contribution in [0.2, 0.25) is 5.02 Å². The lowest BCUT2D eigenvalue weighted by atomic mass is 10.1. The molecule has 0 aliphatic carbocycles. The first-order valence-electron chi connectivity index (χ1n) is 7.29. The number of carbonyl (C=O) groups is 1. The Balaban J connectivity index is 1.81. The number of ether oxygens (including phenoxy) is 1. The quantitative estimate of drug-likeness (QED) is 0.946. The Bertz CT molecular complexity index is 698. The molecule has 1 aromatic heterocycles. The maximum Gasteiger partial charge on any atom is 0.272 e. The van der Waals surface area contributed by atoms with Gasteiger partial charge in [0.05, 0.1) is 17.8 Å². The molecule has 3 rings (SSSR count). The van der Waals surface area contributed by atoms with Crippen LogP contribution in [0.15, 0.2) is 30.3 Å². The van der Waals surface area contributed by atoms with E-state index in [4.69, 9.17) is 16.3 Å². The standard InChI is InChI=1S/C16H18ClN3O2/c1-10-8-15(16(21)18-14-6-7-22-11(14)2)19-20(10)13-5-3-4-12(17)9-13/h3-5,8-9,11,14H,6-7H2,1-2H3,(H,18,21). The van der Waals surface area contributed by atoms with E-state index in [1.54, 1.807) is 16.8 Å². The molecule has 2 heterocycles. The second-order valence-corrected chi connectivity index (χ2v) is 5.94. The van der Waals surface area contributed by atoms with Crippen LogP contribution in [-0.4, -0.2) is 34.4 Å². The van der Waals surface area contributed by atoms with E-state index in [1.165, 1.54) is 0 Å². The zero-order valence-electron chi connectivity index (χ0n) is 12.5. The average Bonchev–Trinajstić information content (AvgIpc) is 3.06. The highest BCUT2D eigenvalue weighted by molar-refractivity contribution is 6.30. The van der Waals surface area contributed by atoms with E-state index in [0.29, 0.717) is 17.3 Å². The minimum atomic E-state index is -0.175. The molecule has 2 atom stereocenters. The number of benzene rings is 1. The highest BCUT2D eigenvalue weighted by atomic mass is 35.5. The Kier molecular flexibility index (Phi) is 4.18.